The molecule has 6 nitrogen and oxygen atoms in total. The van der Waals surface area contributed by atoms with E-state index in [1.807, 2.05) is 24.3 Å². The summed E-state index contributed by atoms with van der Waals surface area (Å²) in [5.41, 5.74) is 3.66. The molecule has 0 unspecified atom stereocenters. The van der Waals surface area contributed by atoms with Gasteiger partial charge in [-0.3, -0.25) is 9.89 Å². The predicted octanol–water partition coefficient (Wildman–Crippen LogP) is 5.25. The number of anilines is 1. The van der Waals surface area contributed by atoms with Crippen molar-refractivity contribution in [2.75, 3.05) is 18.0 Å². The molecule has 160 valence electrons. The smallest absolute Gasteiger partial charge is 0.280 e. The van der Waals surface area contributed by atoms with E-state index in [-0.39, 0.29) is 11.5 Å². The minimum absolute atomic E-state index is 0.147. The van der Waals surface area contributed by atoms with Crippen LogP contribution >= 0.6 is 23.2 Å². The number of nitriles is 1. The topological polar surface area (TPSA) is 77.2 Å². The number of rotatable bonds is 3. The van der Waals surface area contributed by atoms with Gasteiger partial charge in [0.2, 0.25) is 0 Å². The summed E-state index contributed by atoms with van der Waals surface area (Å²) in [5.74, 6) is 0.147. The molecule has 0 atom stereocenters. The van der Waals surface area contributed by atoms with Crippen LogP contribution in [0.4, 0.5) is 5.69 Å². The first-order chi connectivity index (χ1) is 15.5. The summed E-state index contributed by atoms with van der Waals surface area (Å²) in [6, 6.07) is 17.1. The van der Waals surface area contributed by atoms with Crippen molar-refractivity contribution < 1.29 is 0 Å². The second-order valence-corrected chi connectivity index (χ2v) is 8.77. The maximum atomic E-state index is 13.2. The van der Waals surface area contributed by atoms with E-state index >= 15 is 0 Å². The maximum absolute atomic E-state index is 13.2. The summed E-state index contributed by atoms with van der Waals surface area (Å²) in [4.78, 5) is 19.9. The molecule has 0 aliphatic carbocycles. The molecule has 0 amide bonds. The summed E-state index contributed by atoms with van der Waals surface area (Å²) in [6.45, 7) is 1.70. The molecule has 3 heterocycles. The molecule has 2 aromatic carbocycles. The van der Waals surface area contributed by atoms with Gasteiger partial charge in [0.25, 0.3) is 5.56 Å². The first kappa shape index (κ1) is 20.6. The van der Waals surface area contributed by atoms with Gasteiger partial charge in [-0.15, -0.1) is 0 Å². The first-order valence-corrected chi connectivity index (χ1v) is 11.1. The molecular formula is C24H19Cl2N5O. The maximum Gasteiger partial charge on any atom is 0.280 e. The van der Waals surface area contributed by atoms with Crippen LogP contribution in [-0.2, 0) is 0 Å². The highest BCUT2D eigenvalue weighted by Crippen LogP contribution is 2.33. The third-order valence-electron chi connectivity index (χ3n) is 6.05. The van der Waals surface area contributed by atoms with Gasteiger partial charge < -0.3 is 4.90 Å². The predicted molar refractivity (Wildman–Crippen MR) is 127 cm³/mol. The van der Waals surface area contributed by atoms with Crippen molar-refractivity contribution in [1.82, 2.24) is 14.6 Å². The van der Waals surface area contributed by atoms with Crippen LogP contribution in [0.3, 0.4) is 0 Å². The highest BCUT2D eigenvalue weighted by molar-refractivity contribution is 6.30. The van der Waals surface area contributed by atoms with Gasteiger partial charge in [0.1, 0.15) is 11.6 Å². The standard InChI is InChI=1S/C24H19Cl2N5O/c25-17-3-1-15(2-4-17)21-14-28-23-20(13-27)22(29-31(23)24(21)32)16-9-11-30(12-10-16)19-7-5-18(26)6-8-19/h1-8,14,16,29H,9-12H2. The van der Waals surface area contributed by atoms with Gasteiger partial charge in [0, 0.05) is 40.9 Å². The Bertz CT molecular complexity index is 1380. The minimum Gasteiger partial charge on any atom is -0.371 e. The summed E-state index contributed by atoms with van der Waals surface area (Å²) in [6.07, 6.45) is 3.26. The van der Waals surface area contributed by atoms with E-state index in [1.54, 1.807) is 24.3 Å². The molecule has 1 saturated heterocycles. The van der Waals surface area contributed by atoms with Crippen LogP contribution in [0, 0.1) is 11.3 Å². The SMILES string of the molecule is N#Cc1c(C2CCN(c3ccc(Cl)cc3)CC2)[nH]n2c(=O)c(-c3ccc(Cl)cc3)cnc12. The molecular weight excluding hydrogens is 445 g/mol. The molecule has 1 N–H and O–H groups in total. The number of aromatic nitrogens is 3. The largest absolute Gasteiger partial charge is 0.371 e. The van der Waals surface area contributed by atoms with Crippen LogP contribution in [0.2, 0.25) is 10.0 Å². The van der Waals surface area contributed by atoms with Crippen molar-refractivity contribution in [2.24, 2.45) is 0 Å². The Morgan fingerprint density at radius 1 is 1.00 bits per heavy atom. The number of benzene rings is 2. The Hall–Kier alpha value is -3.27. The fourth-order valence-electron chi connectivity index (χ4n) is 4.34. The zero-order valence-electron chi connectivity index (χ0n) is 17.1. The number of H-pyrrole nitrogens is 1. The zero-order valence-corrected chi connectivity index (χ0v) is 18.6. The lowest BCUT2D eigenvalue weighted by Crippen LogP contribution is -2.33. The van der Waals surface area contributed by atoms with Crippen molar-refractivity contribution >= 4 is 34.5 Å². The zero-order chi connectivity index (χ0) is 22.2. The molecule has 0 bridgehead atoms. The van der Waals surface area contributed by atoms with Crippen LogP contribution < -0.4 is 10.5 Å². The Kier molecular flexibility index (Phi) is 5.38. The number of nitrogens with one attached hydrogen (secondary N) is 1. The lowest BCUT2D eigenvalue weighted by Gasteiger charge is -2.33. The minimum atomic E-state index is -0.237. The monoisotopic (exact) mass is 463 g/mol. The Morgan fingerprint density at radius 3 is 2.25 bits per heavy atom. The lowest BCUT2D eigenvalue weighted by atomic mass is 9.91. The van der Waals surface area contributed by atoms with E-state index < -0.39 is 0 Å². The molecule has 1 aliphatic rings. The van der Waals surface area contributed by atoms with Gasteiger partial charge in [0.05, 0.1) is 11.3 Å². The van der Waals surface area contributed by atoms with Crippen LogP contribution in [-0.4, -0.2) is 27.7 Å². The summed E-state index contributed by atoms with van der Waals surface area (Å²) >= 11 is 12.0. The van der Waals surface area contributed by atoms with Crippen molar-refractivity contribution in [2.45, 2.75) is 18.8 Å². The van der Waals surface area contributed by atoms with E-state index in [4.69, 9.17) is 23.2 Å². The van der Waals surface area contributed by atoms with Gasteiger partial charge in [0.15, 0.2) is 5.65 Å². The highest BCUT2D eigenvalue weighted by Gasteiger charge is 2.27. The number of hydrogen-bond donors (Lipinski definition) is 1. The van der Waals surface area contributed by atoms with Crippen molar-refractivity contribution in [1.29, 1.82) is 5.26 Å². The molecule has 0 saturated carbocycles. The number of fused-ring (bicyclic) bond motifs is 1. The Balaban J connectivity index is 1.46. The Labute approximate surface area is 194 Å². The summed E-state index contributed by atoms with van der Waals surface area (Å²) < 4.78 is 1.39. The van der Waals surface area contributed by atoms with Crippen molar-refractivity contribution in [3.63, 3.8) is 0 Å². The van der Waals surface area contributed by atoms with E-state index in [0.29, 0.717) is 21.8 Å². The van der Waals surface area contributed by atoms with Crippen molar-refractivity contribution in [3.05, 3.63) is 86.4 Å². The third-order valence-corrected chi connectivity index (χ3v) is 6.55. The van der Waals surface area contributed by atoms with Gasteiger partial charge >= 0.3 is 0 Å². The van der Waals surface area contributed by atoms with Gasteiger partial charge in [-0.2, -0.15) is 9.78 Å². The second kappa shape index (κ2) is 8.34. The summed E-state index contributed by atoms with van der Waals surface area (Å²) in [5, 5.41) is 14.3. The molecule has 2 aromatic heterocycles. The molecule has 1 fully saturated rings. The van der Waals surface area contributed by atoms with E-state index in [9.17, 15) is 10.1 Å². The van der Waals surface area contributed by atoms with E-state index in [0.717, 1.165) is 47.9 Å². The number of aromatic amines is 1. The third kappa shape index (κ3) is 3.64. The molecule has 4 aromatic rings. The molecule has 0 radical (unpaired) electrons. The lowest BCUT2D eigenvalue weighted by molar-refractivity contribution is 0.493. The molecule has 32 heavy (non-hydrogen) atoms. The molecule has 8 heteroatoms. The average Bonchev–Trinajstić information content (AvgIpc) is 3.20. The van der Waals surface area contributed by atoms with Gasteiger partial charge in [-0.05, 0) is 54.8 Å². The fraction of sp³-hybridized carbons (Fsp3) is 0.208. The molecule has 1 aliphatic heterocycles. The van der Waals surface area contributed by atoms with Crippen LogP contribution in [0.25, 0.3) is 16.8 Å². The average molecular weight is 464 g/mol. The quantitative estimate of drug-likeness (QED) is 0.449. The molecule has 0 spiro atoms. The van der Waals surface area contributed by atoms with E-state index in [2.05, 4.69) is 21.1 Å². The highest BCUT2D eigenvalue weighted by atomic mass is 35.5. The number of hydrogen-bond acceptors (Lipinski definition) is 4. The number of halogens is 2. The van der Waals surface area contributed by atoms with Gasteiger partial charge in [-0.1, -0.05) is 35.3 Å². The second-order valence-electron chi connectivity index (χ2n) is 7.89. The Morgan fingerprint density at radius 2 is 1.62 bits per heavy atom. The van der Waals surface area contributed by atoms with Crippen molar-refractivity contribution in [3.8, 4) is 17.2 Å². The van der Waals surface area contributed by atoms with Crippen LogP contribution in [0.1, 0.15) is 30.0 Å². The number of nitrogens with zero attached hydrogens (tertiary/aromatic N) is 4. The van der Waals surface area contributed by atoms with Crippen LogP contribution in [0.5, 0.6) is 0 Å². The fourth-order valence-corrected chi connectivity index (χ4v) is 4.60. The van der Waals surface area contributed by atoms with E-state index in [1.165, 1.54) is 10.7 Å². The number of piperidine rings is 1. The van der Waals surface area contributed by atoms with Gasteiger partial charge in [-0.25, -0.2) is 4.98 Å². The first-order valence-electron chi connectivity index (χ1n) is 10.4. The van der Waals surface area contributed by atoms with Crippen LogP contribution in [0.15, 0.2) is 59.5 Å². The normalized spacial score (nSPS) is 14.6. The summed E-state index contributed by atoms with van der Waals surface area (Å²) in [7, 11) is 0. The molecule has 5 rings (SSSR count).